The van der Waals surface area contributed by atoms with Gasteiger partial charge in [-0.05, 0) is 42.8 Å². The molecule has 0 radical (unpaired) electrons. The van der Waals surface area contributed by atoms with Crippen LogP contribution in [0.4, 0.5) is 10.1 Å². The third-order valence-corrected chi connectivity index (χ3v) is 5.00. The molecule has 0 saturated heterocycles. The van der Waals surface area contributed by atoms with Crippen molar-refractivity contribution in [3.8, 4) is 11.5 Å². The van der Waals surface area contributed by atoms with E-state index in [0.717, 1.165) is 43.9 Å². The molecule has 0 aliphatic heterocycles. The van der Waals surface area contributed by atoms with Gasteiger partial charge in [0.05, 0.1) is 0 Å². The van der Waals surface area contributed by atoms with Gasteiger partial charge in [0.2, 0.25) is 5.89 Å². The second-order valence-corrected chi connectivity index (χ2v) is 7.35. The third-order valence-electron chi connectivity index (χ3n) is 4.18. The largest absolute Gasteiger partial charge is 0.411 e. The number of nitrogens with zero attached hydrogens (tertiary/aromatic N) is 3. The van der Waals surface area contributed by atoms with Gasteiger partial charge in [0.15, 0.2) is 0 Å². The van der Waals surface area contributed by atoms with Gasteiger partial charge >= 0.3 is 0 Å². The highest BCUT2D eigenvalue weighted by molar-refractivity contribution is 7.99. The van der Waals surface area contributed by atoms with Gasteiger partial charge in [-0.1, -0.05) is 36.9 Å². The van der Waals surface area contributed by atoms with E-state index in [9.17, 15) is 4.39 Å². The number of benzene rings is 2. The molecule has 28 heavy (non-hydrogen) atoms. The molecule has 1 N–H and O–H groups in total. The monoisotopic (exact) mass is 400 g/mol. The van der Waals surface area contributed by atoms with E-state index in [0.29, 0.717) is 11.1 Å². The number of halogens is 1. The number of rotatable bonds is 11. The van der Waals surface area contributed by atoms with Crippen LogP contribution in [-0.4, -0.2) is 42.1 Å². The Balaban J connectivity index is 1.37. The highest BCUT2D eigenvalue weighted by atomic mass is 32.2. The van der Waals surface area contributed by atoms with Gasteiger partial charge < -0.3 is 14.6 Å². The van der Waals surface area contributed by atoms with Crippen LogP contribution in [-0.2, 0) is 0 Å². The quantitative estimate of drug-likeness (QED) is 0.378. The van der Waals surface area contributed by atoms with Crippen molar-refractivity contribution in [1.82, 2.24) is 15.5 Å². The summed E-state index contributed by atoms with van der Waals surface area (Å²) in [7, 11) is 0. The smallest absolute Gasteiger partial charge is 0.276 e. The summed E-state index contributed by atoms with van der Waals surface area (Å²) in [5.74, 6) is 0.965. The van der Waals surface area contributed by atoms with Gasteiger partial charge in [-0.2, -0.15) is 0 Å². The zero-order valence-corrected chi connectivity index (χ0v) is 16.8. The minimum Gasteiger partial charge on any atom is -0.411 e. The maximum Gasteiger partial charge on any atom is 0.276 e. The van der Waals surface area contributed by atoms with Crippen molar-refractivity contribution < 1.29 is 8.81 Å². The molecule has 0 unspecified atom stereocenters. The molecule has 7 heteroatoms. The maximum absolute atomic E-state index is 13.0. The first-order valence-corrected chi connectivity index (χ1v) is 10.5. The fourth-order valence-corrected chi connectivity index (χ4v) is 3.46. The van der Waals surface area contributed by atoms with E-state index in [1.54, 1.807) is 12.1 Å². The molecule has 0 bridgehead atoms. The van der Waals surface area contributed by atoms with E-state index in [-0.39, 0.29) is 5.82 Å². The molecule has 5 nitrogen and oxygen atoms in total. The Morgan fingerprint density at radius 3 is 2.54 bits per heavy atom. The summed E-state index contributed by atoms with van der Waals surface area (Å²) in [6.45, 7) is 5.99. The van der Waals surface area contributed by atoms with Crippen LogP contribution in [0.2, 0.25) is 0 Å². The van der Waals surface area contributed by atoms with Gasteiger partial charge in [0.1, 0.15) is 5.82 Å². The van der Waals surface area contributed by atoms with E-state index >= 15 is 0 Å². The van der Waals surface area contributed by atoms with E-state index < -0.39 is 0 Å². The highest BCUT2D eigenvalue weighted by Gasteiger charge is 2.09. The summed E-state index contributed by atoms with van der Waals surface area (Å²) in [5, 5.41) is 12.1. The molecule has 148 valence electrons. The van der Waals surface area contributed by atoms with Crippen LogP contribution < -0.4 is 10.2 Å². The normalized spacial score (nSPS) is 10.9. The Kier molecular flexibility index (Phi) is 7.87. The van der Waals surface area contributed by atoms with Crippen molar-refractivity contribution in [2.45, 2.75) is 18.6 Å². The van der Waals surface area contributed by atoms with E-state index in [1.165, 1.54) is 29.6 Å². The van der Waals surface area contributed by atoms with Crippen molar-refractivity contribution >= 4 is 17.4 Å². The Labute approximate surface area is 169 Å². The van der Waals surface area contributed by atoms with Crippen molar-refractivity contribution in [2.24, 2.45) is 0 Å². The molecule has 3 rings (SSSR count). The minimum absolute atomic E-state index is 0.284. The average Bonchev–Trinajstić information content (AvgIpc) is 3.20. The fourth-order valence-electron chi connectivity index (χ4n) is 2.81. The van der Waals surface area contributed by atoms with Gasteiger partial charge in [-0.25, -0.2) is 4.39 Å². The summed E-state index contributed by atoms with van der Waals surface area (Å²) in [5.41, 5.74) is 1.98. The van der Waals surface area contributed by atoms with Crippen LogP contribution in [0, 0.1) is 5.82 Å². The topological polar surface area (TPSA) is 54.2 Å². The molecular weight excluding hydrogens is 375 g/mol. The van der Waals surface area contributed by atoms with Crippen LogP contribution >= 0.6 is 11.8 Å². The number of hydrogen-bond donors (Lipinski definition) is 1. The molecule has 0 fully saturated rings. The SMILES string of the molecule is CCCN(CCNCCSc1nnc(-c2ccc(F)cc2)o1)c1ccccc1. The first kappa shape index (κ1) is 20.4. The summed E-state index contributed by atoms with van der Waals surface area (Å²) in [4.78, 5) is 2.40. The first-order chi connectivity index (χ1) is 13.8. The Hall–Kier alpha value is -2.38. The van der Waals surface area contributed by atoms with Gasteiger partial charge in [-0.3, -0.25) is 0 Å². The molecule has 0 saturated carbocycles. The van der Waals surface area contributed by atoms with E-state index in [4.69, 9.17) is 4.42 Å². The predicted octanol–water partition coefficient (Wildman–Crippen LogP) is 4.47. The molecule has 0 amide bonds. The third kappa shape index (κ3) is 6.07. The van der Waals surface area contributed by atoms with Crippen molar-refractivity contribution in [3.05, 3.63) is 60.4 Å². The van der Waals surface area contributed by atoms with E-state index in [1.807, 2.05) is 6.07 Å². The molecule has 2 aromatic carbocycles. The summed E-state index contributed by atoms with van der Waals surface area (Å²) in [6.07, 6.45) is 1.12. The van der Waals surface area contributed by atoms with Crippen LogP contribution in [0.15, 0.2) is 64.2 Å². The molecule has 0 spiro atoms. The van der Waals surface area contributed by atoms with Gasteiger partial charge in [0, 0.05) is 43.2 Å². The lowest BCUT2D eigenvalue weighted by Crippen LogP contribution is -2.33. The van der Waals surface area contributed by atoms with Crippen LogP contribution in [0.1, 0.15) is 13.3 Å². The zero-order chi connectivity index (χ0) is 19.6. The predicted molar refractivity (Wildman–Crippen MR) is 112 cm³/mol. The van der Waals surface area contributed by atoms with Gasteiger partial charge in [0.25, 0.3) is 5.22 Å². The van der Waals surface area contributed by atoms with Crippen LogP contribution in [0.25, 0.3) is 11.5 Å². The number of thioether (sulfide) groups is 1. The molecule has 1 aromatic heterocycles. The number of para-hydroxylation sites is 1. The number of hydrogen-bond acceptors (Lipinski definition) is 6. The Morgan fingerprint density at radius 1 is 1.00 bits per heavy atom. The molecule has 0 aliphatic rings. The molecule has 0 aliphatic carbocycles. The maximum atomic E-state index is 13.0. The standard InChI is InChI=1S/C21H25FN4OS/c1-2-14-26(19-6-4-3-5-7-19)15-12-23-13-16-28-21-25-24-20(27-21)17-8-10-18(22)11-9-17/h3-11,23H,2,12-16H2,1H3. The lowest BCUT2D eigenvalue weighted by molar-refractivity contribution is 0.465. The van der Waals surface area contributed by atoms with Crippen LogP contribution in [0.3, 0.4) is 0 Å². The van der Waals surface area contributed by atoms with Gasteiger partial charge in [-0.15, -0.1) is 10.2 Å². The lowest BCUT2D eigenvalue weighted by Gasteiger charge is -2.24. The number of anilines is 1. The highest BCUT2D eigenvalue weighted by Crippen LogP contribution is 2.23. The average molecular weight is 401 g/mol. The summed E-state index contributed by atoms with van der Waals surface area (Å²) < 4.78 is 18.6. The molecule has 3 aromatic rings. The first-order valence-electron chi connectivity index (χ1n) is 9.49. The minimum atomic E-state index is -0.284. The molecule has 1 heterocycles. The molecular formula is C21H25FN4OS. The number of nitrogens with one attached hydrogen (secondary N) is 1. The lowest BCUT2D eigenvalue weighted by atomic mass is 10.2. The number of aromatic nitrogens is 2. The summed E-state index contributed by atoms with van der Waals surface area (Å²) in [6, 6.07) is 16.5. The second kappa shape index (κ2) is 10.8. The summed E-state index contributed by atoms with van der Waals surface area (Å²) >= 11 is 1.51. The van der Waals surface area contributed by atoms with E-state index in [2.05, 4.69) is 51.6 Å². The van der Waals surface area contributed by atoms with Crippen LogP contribution in [0.5, 0.6) is 0 Å². The van der Waals surface area contributed by atoms with Crippen molar-refractivity contribution in [1.29, 1.82) is 0 Å². The fraction of sp³-hybridized carbons (Fsp3) is 0.333. The second-order valence-electron chi connectivity index (χ2n) is 6.30. The van der Waals surface area contributed by atoms with Crippen molar-refractivity contribution in [2.75, 3.05) is 36.8 Å². The zero-order valence-electron chi connectivity index (χ0n) is 16.0. The Bertz CT molecular complexity index is 826. The Morgan fingerprint density at radius 2 is 1.79 bits per heavy atom. The molecule has 0 atom stereocenters. The van der Waals surface area contributed by atoms with Crippen molar-refractivity contribution in [3.63, 3.8) is 0 Å².